The maximum atomic E-state index is 12.4. The van der Waals surface area contributed by atoms with Gasteiger partial charge in [-0.05, 0) is 31.7 Å². The molecule has 1 aromatic carbocycles. The average Bonchev–Trinajstić information content (AvgIpc) is 2.38. The van der Waals surface area contributed by atoms with E-state index in [4.69, 9.17) is 15.6 Å². The number of aliphatic carboxylic acids is 1. The summed E-state index contributed by atoms with van der Waals surface area (Å²) in [5.74, 6) is -0.605. The lowest BCUT2D eigenvalue weighted by molar-refractivity contribution is -0.138. The van der Waals surface area contributed by atoms with Crippen LogP contribution >= 0.6 is 0 Å². The van der Waals surface area contributed by atoms with Crippen LogP contribution in [-0.2, 0) is 4.79 Å². The van der Waals surface area contributed by atoms with Crippen LogP contribution in [0, 0.1) is 0 Å². The van der Waals surface area contributed by atoms with E-state index in [1.807, 2.05) is 6.92 Å². The third-order valence-electron chi connectivity index (χ3n) is 3.12. The molecule has 0 aliphatic rings. The number of rotatable bonds is 7. The molecule has 1 atom stereocenters. The van der Waals surface area contributed by atoms with Gasteiger partial charge in [0.15, 0.2) is 5.78 Å². The Hall–Kier alpha value is -2.08. The molecule has 0 radical (unpaired) electrons. The Morgan fingerprint density at radius 3 is 2.55 bits per heavy atom. The zero-order valence-electron chi connectivity index (χ0n) is 11.9. The van der Waals surface area contributed by atoms with Gasteiger partial charge in [0, 0.05) is 5.56 Å². The minimum Gasteiger partial charge on any atom is -0.495 e. The minimum absolute atomic E-state index is 0.148. The molecule has 0 aliphatic carbocycles. The first-order valence-electron chi connectivity index (χ1n) is 6.30. The molecule has 0 fully saturated rings. The summed E-state index contributed by atoms with van der Waals surface area (Å²) < 4.78 is 5.04. The molecule has 0 aromatic heterocycles. The van der Waals surface area contributed by atoms with Crippen LogP contribution in [0.4, 0.5) is 5.69 Å². The highest BCUT2D eigenvalue weighted by Crippen LogP contribution is 2.23. The highest BCUT2D eigenvalue weighted by Gasteiger charge is 2.24. The number of nitrogen functional groups attached to an aromatic ring is 1. The van der Waals surface area contributed by atoms with E-state index in [1.54, 1.807) is 25.2 Å². The number of hydrogen-bond donors (Lipinski definition) is 2. The molecule has 0 bridgehead atoms. The molecule has 3 N–H and O–H groups in total. The molecule has 0 amide bonds. The number of nitrogens with zero attached hydrogens (tertiary/aromatic N) is 1. The summed E-state index contributed by atoms with van der Waals surface area (Å²) >= 11 is 0. The van der Waals surface area contributed by atoms with Gasteiger partial charge in [-0.3, -0.25) is 14.5 Å². The molecule has 0 aliphatic heterocycles. The molecule has 0 spiro atoms. The quantitative estimate of drug-likeness (QED) is 0.577. The van der Waals surface area contributed by atoms with Gasteiger partial charge in [-0.25, -0.2) is 0 Å². The van der Waals surface area contributed by atoms with E-state index in [0.717, 1.165) is 0 Å². The van der Waals surface area contributed by atoms with Gasteiger partial charge in [0.25, 0.3) is 0 Å². The van der Waals surface area contributed by atoms with Gasteiger partial charge in [-0.1, -0.05) is 6.92 Å². The smallest absolute Gasteiger partial charge is 0.317 e. The van der Waals surface area contributed by atoms with Crippen LogP contribution in [0.3, 0.4) is 0 Å². The number of carboxylic acid groups (broad SMARTS) is 1. The van der Waals surface area contributed by atoms with Gasteiger partial charge >= 0.3 is 5.97 Å². The van der Waals surface area contributed by atoms with Crippen molar-refractivity contribution in [2.24, 2.45) is 0 Å². The fraction of sp³-hybridized carbons (Fsp3) is 0.429. The van der Waals surface area contributed by atoms with E-state index in [-0.39, 0.29) is 12.3 Å². The lowest BCUT2D eigenvalue weighted by Gasteiger charge is -2.24. The Balaban J connectivity index is 2.96. The summed E-state index contributed by atoms with van der Waals surface area (Å²) in [6.07, 6.45) is 0.522. The summed E-state index contributed by atoms with van der Waals surface area (Å²) in [5, 5.41) is 8.80. The predicted octanol–water partition coefficient (Wildman–Crippen LogP) is 1.26. The number of methoxy groups -OCH3 is 1. The van der Waals surface area contributed by atoms with E-state index < -0.39 is 12.0 Å². The number of carbonyl (C=O) groups excluding carboxylic acids is 1. The van der Waals surface area contributed by atoms with Gasteiger partial charge in [0.05, 0.1) is 25.4 Å². The maximum Gasteiger partial charge on any atom is 0.317 e. The number of Topliss-reactive ketones (excluding diaryl/α,β-unsaturated/α-hetero) is 1. The maximum absolute atomic E-state index is 12.4. The summed E-state index contributed by atoms with van der Waals surface area (Å²) in [4.78, 5) is 24.7. The van der Waals surface area contributed by atoms with Crippen LogP contribution in [-0.4, -0.2) is 48.5 Å². The summed E-state index contributed by atoms with van der Waals surface area (Å²) in [7, 11) is 3.12. The zero-order valence-corrected chi connectivity index (χ0v) is 11.9. The molecule has 0 saturated heterocycles. The second-order valence-electron chi connectivity index (χ2n) is 4.55. The Morgan fingerprint density at radius 1 is 1.45 bits per heavy atom. The van der Waals surface area contributed by atoms with E-state index >= 15 is 0 Å². The van der Waals surface area contributed by atoms with E-state index in [0.29, 0.717) is 23.4 Å². The second-order valence-corrected chi connectivity index (χ2v) is 4.55. The van der Waals surface area contributed by atoms with Crippen molar-refractivity contribution in [3.8, 4) is 5.75 Å². The average molecular weight is 280 g/mol. The highest BCUT2D eigenvalue weighted by molar-refractivity contribution is 6.01. The summed E-state index contributed by atoms with van der Waals surface area (Å²) in [6, 6.07) is 4.33. The number of benzene rings is 1. The van der Waals surface area contributed by atoms with Crippen molar-refractivity contribution >= 4 is 17.4 Å². The number of hydrogen-bond acceptors (Lipinski definition) is 5. The summed E-state index contributed by atoms with van der Waals surface area (Å²) in [6.45, 7) is 1.66. The van der Waals surface area contributed by atoms with E-state index in [9.17, 15) is 9.59 Å². The monoisotopic (exact) mass is 280 g/mol. The first kappa shape index (κ1) is 16.0. The Kier molecular flexibility index (Phi) is 5.52. The van der Waals surface area contributed by atoms with Crippen LogP contribution in [0.1, 0.15) is 23.7 Å². The molecule has 1 rings (SSSR count). The number of nitrogens with two attached hydrogens (primary N) is 1. The number of carboxylic acids is 1. The van der Waals surface area contributed by atoms with Crippen molar-refractivity contribution < 1.29 is 19.4 Å². The number of ether oxygens (including phenoxy) is 1. The highest BCUT2D eigenvalue weighted by atomic mass is 16.5. The minimum atomic E-state index is -0.965. The normalized spacial score (nSPS) is 12.2. The Morgan fingerprint density at radius 2 is 2.10 bits per heavy atom. The standard InChI is InChI=1S/C14H20N2O4/c1-4-11(16(2)8-13(17)18)14(19)9-5-6-12(20-3)10(15)7-9/h5-7,11H,4,8,15H2,1-3H3,(H,17,18). The van der Waals surface area contributed by atoms with Gasteiger partial charge in [-0.2, -0.15) is 0 Å². The van der Waals surface area contributed by atoms with Crippen molar-refractivity contribution in [2.75, 3.05) is 26.4 Å². The molecule has 1 unspecified atom stereocenters. The topological polar surface area (TPSA) is 92.9 Å². The van der Waals surface area contributed by atoms with Crippen LogP contribution in [0.2, 0.25) is 0 Å². The SMILES string of the molecule is CCC(C(=O)c1ccc(OC)c(N)c1)N(C)CC(=O)O. The molecular weight excluding hydrogens is 260 g/mol. The van der Waals surface area contributed by atoms with Gasteiger partial charge < -0.3 is 15.6 Å². The van der Waals surface area contributed by atoms with Crippen LogP contribution in [0.5, 0.6) is 5.75 Å². The van der Waals surface area contributed by atoms with Crippen LogP contribution < -0.4 is 10.5 Å². The van der Waals surface area contributed by atoms with Gasteiger partial charge in [0.1, 0.15) is 5.75 Å². The van der Waals surface area contributed by atoms with Crippen LogP contribution in [0.25, 0.3) is 0 Å². The van der Waals surface area contributed by atoms with Crippen molar-refractivity contribution in [1.29, 1.82) is 0 Å². The number of carbonyl (C=O) groups is 2. The zero-order chi connectivity index (χ0) is 15.3. The lowest BCUT2D eigenvalue weighted by Crippen LogP contribution is -2.41. The molecule has 0 saturated carbocycles. The Bertz CT molecular complexity index is 502. The van der Waals surface area contributed by atoms with Crippen molar-refractivity contribution in [3.63, 3.8) is 0 Å². The third-order valence-corrected chi connectivity index (χ3v) is 3.12. The van der Waals surface area contributed by atoms with Gasteiger partial charge in [0.2, 0.25) is 0 Å². The third kappa shape index (κ3) is 3.71. The molecule has 110 valence electrons. The molecule has 1 aromatic rings. The Labute approximate surface area is 118 Å². The fourth-order valence-corrected chi connectivity index (χ4v) is 2.10. The first-order valence-corrected chi connectivity index (χ1v) is 6.30. The van der Waals surface area contributed by atoms with Crippen LogP contribution in [0.15, 0.2) is 18.2 Å². The molecular formula is C14H20N2O4. The molecule has 6 nitrogen and oxygen atoms in total. The number of ketones is 1. The van der Waals surface area contributed by atoms with Gasteiger partial charge in [-0.15, -0.1) is 0 Å². The van der Waals surface area contributed by atoms with E-state index in [1.165, 1.54) is 12.0 Å². The summed E-state index contributed by atoms with van der Waals surface area (Å²) in [5.41, 5.74) is 6.62. The van der Waals surface area contributed by atoms with Crippen molar-refractivity contribution in [1.82, 2.24) is 4.90 Å². The number of anilines is 1. The fourth-order valence-electron chi connectivity index (χ4n) is 2.10. The first-order chi connectivity index (χ1) is 9.40. The van der Waals surface area contributed by atoms with E-state index in [2.05, 4.69) is 0 Å². The molecule has 0 heterocycles. The predicted molar refractivity (Wildman–Crippen MR) is 76.1 cm³/mol. The molecule has 20 heavy (non-hydrogen) atoms. The largest absolute Gasteiger partial charge is 0.495 e. The van der Waals surface area contributed by atoms with Crippen molar-refractivity contribution in [3.05, 3.63) is 23.8 Å². The molecule has 6 heteroatoms. The second kappa shape index (κ2) is 6.91. The lowest BCUT2D eigenvalue weighted by atomic mass is 10.0. The van der Waals surface area contributed by atoms with Crippen molar-refractivity contribution in [2.45, 2.75) is 19.4 Å². The number of likely N-dealkylation sites (N-methyl/N-ethyl adjacent to an activating group) is 1.